The van der Waals surface area contributed by atoms with Gasteiger partial charge in [-0.25, -0.2) is 0 Å². The number of thioether (sulfide) groups is 1. The minimum Gasteiger partial charge on any atom is -0.313 e. The van der Waals surface area contributed by atoms with Crippen LogP contribution in [-0.4, -0.2) is 11.8 Å². The molecule has 1 unspecified atom stereocenters. The van der Waals surface area contributed by atoms with Gasteiger partial charge in [0.15, 0.2) is 0 Å². The predicted octanol–water partition coefficient (Wildman–Crippen LogP) is 4.08. The molecule has 0 aliphatic rings. The summed E-state index contributed by atoms with van der Waals surface area (Å²) in [5, 5.41) is 4.06. The molecule has 1 atom stereocenters. The Morgan fingerprint density at radius 2 is 1.88 bits per heavy atom. The van der Waals surface area contributed by atoms with Crippen LogP contribution in [0.1, 0.15) is 39.2 Å². The van der Waals surface area contributed by atoms with Crippen LogP contribution in [0.2, 0.25) is 0 Å². The van der Waals surface area contributed by atoms with E-state index in [9.17, 15) is 0 Å². The maximum absolute atomic E-state index is 3.34. The Morgan fingerprint density at radius 3 is 2.44 bits per heavy atom. The van der Waals surface area contributed by atoms with Crippen LogP contribution >= 0.6 is 11.8 Å². The van der Waals surface area contributed by atoms with Crippen molar-refractivity contribution < 1.29 is 0 Å². The molecule has 0 aliphatic carbocycles. The third-order valence-electron chi connectivity index (χ3n) is 2.53. The minimum atomic E-state index is 0.726. The summed E-state index contributed by atoms with van der Waals surface area (Å²) in [5.41, 5.74) is 1.37. The summed E-state index contributed by atoms with van der Waals surface area (Å²) >= 11 is 1.98. The van der Waals surface area contributed by atoms with Crippen molar-refractivity contribution in [3.05, 3.63) is 29.8 Å². The van der Waals surface area contributed by atoms with E-state index in [1.54, 1.807) is 0 Å². The maximum Gasteiger partial charge on any atom is 0.0205 e. The average Bonchev–Trinajstić information content (AvgIpc) is 2.28. The molecule has 0 saturated heterocycles. The van der Waals surface area contributed by atoms with Crippen molar-refractivity contribution in [3.8, 4) is 0 Å². The molecule has 0 bridgehead atoms. The van der Waals surface area contributed by atoms with Crippen LogP contribution in [0.4, 0.5) is 0 Å². The first-order chi connectivity index (χ1) is 7.76. The second-order valence-corrected chi connectivity index (χ2v) is 5.65. The van der Waals surface area contributed by atoms with E-state index < -0.39 is 0 Å². The lowest BCUT2D eigenvalue weighted by Crippen LogP contribution is -2.11. The first-order valence-electron chi connectivity index (χ1n) is 6.22. The smallest absolute Gasteiger partial charge is 0.0205 e. The average molecular weight is 237 g/mol. The van der Waals surface area contributed by atoms with Gasteiger partial charge >= 0.3 is 0 Å². The van der Waals surface area contributed by atoms with E-state index in [2.05, 4.69) is 50.4 Å². The zero-order valence-electron chi connectivity index (χ0n) is 10.6. The molecular formula is C14H23NS. The van der Waals surface area contributed by atoms with Crippen molar-refractivity contribution in [2.24, 2.45) is 0 Å². The van der Waals surface area contributed by atoms with Gasteiger partial charge in [0.05, 0.1) is 0 Å². The fourth-order valence-electron chi connectivity index (χ4n) is 1.65. The van der Waals surface area contributed by atoms with Gasteiger partial charge in [-0.3, -0.25) is 0 Å². The molecule has 1 rings (SSSR count). The lowest BCUT2D eigenvalue weighted by atomic mass is 10.2. The fraction of sp³-hybridized carbons (Fsp3) is 0.571. The fourth-order valence-corrected chi connectivity index (χ4v) is 2.76. The zero-order valence-corrected chi connectivity index (χ0v) is 11.4. The Balaban J connectivity index is 2.44. The lowest BCUT2D eigenvalue weighted by molar-refractivity contribution is 0.726. The highest BCUT2D eigenvalue weighted by molar-refractivity contribution is 7.99. The van der Waals surface area contributed by atoms with Gasteiger partial charge in [-0.1, -0.05) is 39.3 Å². The summed E-state index contributed by atoms with van der Waals surface area (Å²) in [4.78, 5) is 1.39. The van der Waals surface area contributed by atoms with E-state index in [1.165, 1.54) is 23.3 Å². The van der Waals surface area contributed by atoms with E-state index >= 15 is 0 Å². The van der Waals surface area contributed by atoms with Crippen LogP contribution in [0.25, 0.3) is 0 Å². The number of benzene rings is 1. The molecule has 1 aromatic carbocycles. The number of hydrogen-bond donors (Lipinski definition) is 1. The summed E-state index contributed by atoms with van der Waals surface area (Å²) in [6.07, 6.45) is 2.57. The highest BCUT2D eigenvalue weighted by Crippen LogP contribution is 2.25. The van der Waals surface area contributed by atoms with Gasteiger partial charge in [0.2, 0.25) is 0 Å². The first kappa shape index (κ1) is 13.6. The zero-order chi connectivity index (χ0) is 11.8. The molecule has 0 fully saturated rings. The minimum absolute atomic E-state index is 0.726. The maximum atomic E-state index is 3.34. The van der Waals surface area contributed by atoms with Gasteiger partial charge in [0.25, 0.3) is 0 Å². The van der Waals surface area contributed by atoms with Crippen LogP contribution in [0.3, 0.4) is 0 Å². The third-order valence-corrected chi connectivity index (χ3v) is 3.72. The van der Waals surface area contributed by atoms with Crippen LogP contribution in [0.15, 0.2) is 29.2 Å². The quantitative estimate of drug-likeness (QED) is 0.717. The molecule has 0 aromatic heterocycles. The Hall–Kier alpha value is -0.470. The number of hydrogen-bond acceptors (Lipinski definition) is 2. The number of nitrogens with one attached hydrogen (secondary N) is 1. The van der Waals surface area contributed by atoms with Crippen LogP contribution in [-0.2, 0) is 6.54 Å². The van der Waals surface area contributed by atoms with Gasteiger partial charge in [0.1, 0.15) is 0 Å². The van der Waals surface area contributed by atoms with Crippen molar-refractivity contribution in [3.63, 3.8) is 0 Å². The summed E-state index contributed by atoms with van der Waals surface area (Å²) < 4.78 is 0. The molecule has 16 heavy (non-hydrogen) atoms. The molecule has 0 radical (unpaired) electrons. The summed E-state index contributed by atoms with van der Waals surface area (Å²) in [5.74, 6) is 0. The van der Waals surface area contributed by atoms with E-state index in [1.807, 2.05) is 11.8 Å². The standard InChI is InChI=1S/C14H23NS/c1-4-6-12(3)16-14-9-7-13(8-10-14)11-15-5-2/h7-10,12,15H,4-6,11H2,1-3H3. The largest absolute Gasteiger partial charge is 0.313 e. The van der Waals surface area contributed by atoms with E-state index in [-0.39, 0.29) is 0 Å². The monoisotopic (exact) mass is 237 g/mol. The molecule has 90 valence electrons. The van der Waals surface area contributed by atoms with Crippen molar-refractivity contribution in [2.75, 3.05) is 6.54 Å². The van der Waals surface area contributed by atoms with Crippen LogP contribution < -0.4 is 5.32 Å². The van der Waals surface area contributed by atoms with E-state index in [4.69, 9.17) is 0 Å². The third kappa shape index (κ3) is 5.04. The predicted molar refractivity (Wildman–Crippen MR) is 74.0 cm³/mol. The summed E-state index contributed by atoms with van der Waals surface area (Å²) in [6, 6.07) is 8.93. The van der Waals surface area contributed by atoms with Gasteiger partial charge in [0, 0.05) is 16.7 Å². The van der Waals surface area contributed by atoms with Gasteiger partial charge in [-0.2, -0.15) is 0 Å². The molecule has 2 heteroatoms. The van der Waals surface area contributed by atoms with Gasteiger partial charge in [-0.15, -0.1) is 11.8 Å². The SMILES string of the molecule is CCCC(C)Sc1ccc(CNCC)cc1. The van der Waals surface area contributed by atoms with Gasteiger partial charge < -0.3 is 5.32 Å². The Kier molecular flexibility index (Phi) is 6.58. The Morgan fingerprint density at radius 1 is 1.19 bits per heavy atom. The van der Waals surface area contributed by atoms with Crippen molar-refractivity contribution >= 4 is 11.8 Å². The lowest BCUT2D eigenvalue weighted by Gasteiger charge is -2.10. The molecule has 1 aromatic rings. The summed E-state index contributed by atoms with van der Waals surface area (Å²) in [7, 11) is 0. The highest BCUT2D eigenvalue weighted by atomic mass is 32.2. The first-order valence-corrected chi connectivity index (χ1v) is 7.10. The molecule has 1 N–H and O–H groups in total. The molecule has 0 aliphatic heterocycles. The van der Waals surface area contributed by atoms with Crippen molar-refractivity contribution in [2.45, 2.75) is 50.3 Å². The molecule has 0 saturated carbocycles. The van der Waals surface area contributed by atoms with Crippen molar-refractivity contribution in [1.29, 1.82) is 0 Å². The van der Waals surface area contributed by atoms with Crippen LogP contribution in [0, 0.1) is 0 Å². The molecule has 1 nitrogen and oxygen atoms in total. The second kappa shape index (κ2) is 7.75. The Labute approximate surface area is 104 Å². The summed E-state index contributed by atoms with van der Waals surface area (Å²) in [6.45, 7) is 8.70. The molecule has 0 amide bonds. The molecule has 0 spiro atoms. The van der Waals surface area contributed by atoms with E-state index in [0.29, 0.717) is 0 Å². The van der Waals surface area contributed by atoms with Crippen LogP contribution in [0.5, 0.6) is 0 Å². The molecule has 0 heterocycles. The van der Waals surface area contributed by atoms with Gasteiger partial charge in [-0.05, 0) is 30.7 Å². The van der Waals surface area contributed by atoms with Crippen molar-refractivity contribution in [1.82, 2.24) is 5.32 Å². The topological polar surface area (TPSA) is 12.0 Å². The number of rotatable bonds is 7. The van der Waals surface area contributed by atoms with E-state index in [0.717, 1.165) is 18.3 Å². The second-order valence-electron chi connectivity index (χ2n) is 4.14. The normalized spacial score (nSPS) is 12.7. The Bertz CT molecular complexity index is 281. The highest BCUT2D eigenvalue weighted by Gasteiger charge is 2.02. The molecular weight excluding hydrogens is 214 g/mol.